The molecule has 0 spiro atoms. The number of nitrogens with zero attached hydrogens (tertiary/aromatic N) is 1. The molecule has 308 valence electrons. The number of hydrogen-bond donors (Lipinski definition) is 0. The summed E-state index contributed by atoms with van der Waals surface area (Å²) >= 11 is 1.69. The van der Waals surface area contributed by atoms with E-state index in [1.54, 1.807) is 17.4 Å². The topological polar surface area (TPSA) is 51.9 Å². The predicted molar refractivity (Wildman–Crippen MR) is 255 cm³/mol. The molecule has 0 aliphatic carbocycles. The van der Waals surface area contributed by atoms with Crippen molar-refractivity contribution in [2.75, 3.05) is 18.1 Å². The number of ether oxygens (including phenoxy) is 2. The molecule has 0 aliphatic rings. The van der Waals surface area contributed by atoms with Gasteiger partial charge in [0.25, 0.3) is 0 Å². The first-order valence-corrected chi connectivity index (χ1v) is 22.6. The van der Waals surface area contributed by atoms with E-state index in [0.29, 0.717) is 11.1 Å². The van der Waals surface area contributed by atoms with Gasteiger partial charge in [-0.2, -0.15) is 0 Å². The van der Waals surface area contributed by atoms with Crippen molar-refractivity contribution in [3.05, 3.63) is 163 Å². The standard InChI is InChI=1S/C55H53NO4S/c1-3-5-7-9-35-58-50-29-19-43(20-30-50)41-13-23-47(24-14-41)56(48-25-15-42(16-26-48)44-21-31-51(32-22-44)59-36-10-8-6-4-2)49-27-17-45(18-28-49)54-33-34-55(61-54)53-38-46-12-11-40(39-57)37-52(46)60-53/h11-34,37-39H,3-10,35-36H2,1-2H3. The number of thiophene rings is 1. The number of aldehydes is 1. The van der Waals surface area contributed by atoms with E-state index in [1.165, 1.54) is 38.5 Å². The second kappa shape index (κ2) is 20.3. The van der Waals surface area contributed by atoms with Gasteiger partial charge in [0.1, 0.15) is 29.1 Å². The Labute approximate surface area is 364 Å². The van der Waals surface area contributed by atoms with Crippen molar-refractivity contribution in [2.24, 2.45) is 0 Å². The van der Waals surface area contributed by atoms with Crippen LogP contribution in [0.15, 0.2) is 162 Å². The Morgan fingerprint density at radius 1 is 0.492 bits per heavy atom. The van der Waals surface area contributed by atoms with E-state index in [0.717, 1.165) is 110 Å². The number of anilines is 3. The van der Waals surface area contributed by atoms with Crippen LogP contribution in [0.3, 0.4) is 0 Å². The Morgan fingerprint density at radius 3 is 1.43 bits per heavy atom. The first kappa shape index (κ1) is 41.4. The van der Waals surface area contributed by atoms with Crippen molar-refractivity contribution in [3.63, 3.8) is 0 Å². The third-order valence-electron chi connectivity index (χ3n) is 11.1. The largest absolute Gasteiger partial charge is 0.494 e. The Morgan fingerprint density at radius 2 is 0.951 bits per heavy atom. The predicted octanol–water partition coefficient (Wildman–Crippen LogP) is 16.4. The van der Waals surface area contributed by atoms with E-state index in [4.69, 9.17) is 13.9 Å². The fourth-order valence-electron chi connectivity index (χ4n) is 7.62. The number of unbranched alkanes of at least 4 members (excludes halogenated alkanes) is 6. The highest BCUT2D eigenvalue weighted by molar-refractivity contribution is 7.18. The molecule has 6 heteroatoms. The van der Waals surface area contributed by atoms with Crippen LogP contribution >= 0.6 is 11.3 Å². The fourth-order valence-corrected chi connectivity index (χ4v) is 8.58. The molecule has 0 saturated carbocycles. The van der Waals surface area contributed by atoms with Gasteiger partial charge in [-0.25, -0.2) is 0 Å². The molecule has 0 unspecified atom stereocenters. The van der Waals surface area contributed by atoms with Crippen LogP contribution in [0.5, 0.6) is 11.5 Å². The summed E-state index contributed by atoms with van der Waals surface area (Å²) in [4.78, 5) is 15.8. The van der Waals surface area contributed by atoms with Crippen LogP contribution < -0.4 is 14.4 Å². The molecule has 0 amide bonds. The number of hydrogen-bond acceptors (Lipinski definition) is 6. The number of benzene rings is 6. The van der Waals surface area contributed by atoms with E-state index in [9.17, 15) is 4.79 Å². The maximum atomic E-state index is 11.3. The van der Waals surface area contributed by atoms with Gasteiger partial charge in [0, 0.05) is 32.9 Å². The van der Waals surface area contributed by atoms with Crippen LogP contribution in [0.25, 0.3) is 54.3 Å². The van der Waals surface area contributed by atoms with Crippen LogP contribution in [0.4, 0.5) is 17.1 Å². The van der Waals surface area contributed by atoms with Gasteiger partial charge in [-0.1, -0.05) is 125 Å². The minimum atomic E-state index is 0.606. The monoisotopic (exact) mass is 823 g/mol. The van der Waals surface area contributed by atoms with Crippen molar-refractivity contribution in [2.45, 2.75) is 65.2 Å². The Kier molecular flexibility index (Phi) is 13.7. The molecule has 61 heavy (non-hydrogen) atoms. The second-order valence-electron chi connectivity index (χ2n) is 15.5. The summed E-state index contributed by atoms with van der Waals surface area (Å²) in [5.41, 5.74) is 10.3. The zero-order valence-electron chi connectivity index (χ0n) is 35.1. The Balaban J connectivity index is 1.03. The average Bonchev–Trinajstić information content (AvgIpc) is 3.98. The van der Waals surface area contributed by atoms with E-state index < -0.39 is 0 Å². The average molecular weight is 824 g/mol. The van der Waals surface area contributed by atoms with Crippen molar-refractivity contribution in [1.82, 2.24) is 0 Å². The minimum Gasteiger partial charge on any atom is -0.494 e. The molecule has 0 bridgehead atoms. The van der Waals surface area contributed by atoms with Gasteiger partial charge in [0.05, 0.1) is 18.1 Å². The molecule has 0 atom stereocenters. The summed E-state index contributed by atoms with van der Waals surface area (Å²) in [6.07, 6.45) is 10.4. The van der Waals surface area contributed by atoms with Gasteiger partial charge in [-0.05, 0) is 126 Å². The Bertz CT molecular complexity index is 2500. The first-order chi connectivity index (χ1) is 30.1. The van der Waals surface area contributed by atoms with Crippen LogP contribution in [-0.4, -0.2) is 19.5 Å². The van der Waals surface area contributed by atoms with Crippen LogP contribution in [0, 0.1) is 0 Å². The van der Waals surface area contributed by atoms with Gasteiger partial charge >= 0.3 is 0 Å². The fraction of sp³-hybridized carbons (Fsp3) is 0.218. The molecule has 0 saturated heterocycles. The lowest BCUT2D eigenvalue weighted by atomic mass is 10.0. The number of fused-ring (bicyclic) bond motifs is 1. The zero-order chi connectivity index (χ0) is 41.8. The second-order valence-corrected chi connectivity index (χ2v) is 16.6. The molecule has 5 nitrogen and oxygen atoms in total. The molecule has 0 radical (unpaired) electrons. The number of carbonyl (C=O) groups excluding carboxylic acids is 1. The molecular formula is C55H53NO4S. The summed E-state index contributed by atoms with van der Waals surface area (Å²) < 4.78 is 18.2. The normalized spacial score (nSPS) is 11.2. The summed E-state index contributed by atoms with van der Waals surface area (Å²) in [5, 5.41) is 0.980. The smallest absolute Gasteiger partial charge is 0.150 e. The van der Waals surface area contributed by atoms with Crippen molar-refractivity contribution < 1.29 is 18.7 Å². The SMILES string of the molecule is CCCCCCOc1ccc(-c2ccc(N(c3ccc(-c4ccc(OCCCCCC)cc4)cc3)c3ccc(-c4ccc(-c5cc6ccc(C=O)cc6o5)s4)cc3)cc2)cc1. The number of carbonyl (C=O) groups is 1. The molecular weight excluding hydrogens is 771 g/mol. The van der Waals surface area contributed by atoms with E-state index in [-0.39, 0.29) is 0 Å². The van der Waals surface area contributed by atoms with E-state index in [2.05, 4.69) is 152 Å². The van der Waals surface area contributed by atoms with Gasteiger partial charge in [-0.3, -0.25) is 4.79 Å². The van der Waals surface area contributed by atoms with Gasteiger partial charge in [0.15, 0.2) is 0 Å². The lowest BCUT2D eigenvalue weighted by Gasteiger charge is -2.26. The molecule has 6 aromatic carbocycles. The molecule has 0 aliphatic heterocycles. The zero-order valence-corrected chi connectivity index (χ0v) is 36.0. The molecule has 8 rings (SSSR count). The highest BCUT2D eigenvalue weighted by Gasteiger charge is 2.16. The highest BCUT2D eigenvalue weighted by Crippen LogP contribution is 2.41. The maximum Gasteiger partial charge on any atom is 0.150 e. The third-order valence-corrected chi connectivity index (χ3v) is 12.2. The summed E-state index contributed by atoms with van der Waals surface area (Å²) in [7, 11) is 0. The number of rotatable bonds is 20. The quantitative estimate of drug-likeness (QED) is 0.0566. The van der Waals surface area contributed by atoms with Crippen LogP contribution in [-0.2, 0) is 0 Å². The van der Waals surface area contributed by atoms with Crippen molar-refractivity contribution in [1.29, 1.82) is 0 Å². The molecule has 2 heterocycles. The van der Waals surface area contributed by atoms with E-state index in [1.807, 2.05) is 18.2 Å². The van der Waals surface area contributed by atoms with E-state index >= 15 is 0 Å². The first-order valence-electron chi connectivity index (χ1n) is 21.7. The summed E-state index contributed by atoms with van der Waals surface area (Å²) in [5.74, 6) is 2.63. The van der Waals surface area contributed by atoms with Crippen LogP contribution in [0.2, 0.25) is 0 Å². The van der Waals surface area contributed by atoms with Gasteiger partial charge in [0.2, 0.25) is 0 Å². The molecule has 0 N–H and O–H groups in total. The van der Waals surface area contributed by atoms with Crippen molar-refractivity contribution in [3.8, 4) is 54.8 Å². The number of furan rings is 1. The lowest BCUT2D eigenvalue weighted by molar-refractivity contribution is 0.112. The lowest BCUT2D eigenvalue weighted by Crippen LogP contribution is -2.09. The summed E-state index contributed by atoms with van der Waals surface area (Å²) in [6.45, 7) is 5.97. The van der Waals surface area contributed by atoms with Gasteiger partial charge < -0.3 is 18.8 Å². The molecule has 2 aromatic heterocycles. The Hall–Kier alpha value is -6.37. The van der Waals surface area contributed by atoms with Gasteiger partial charge in [-0.15, -0.1) is 11.3 Å². The highest BCUT2D eigenvalue weighted by atomic mass is 32.1. The van der Waals surface area contributed by atoms with Crippen molar-refractivity contribution >= 4 is 45.7 Å². The van der Waals surface area contributed by atoms with Crippen LogP contribution in [0.1, 0.15) is 75.6 Å². The third kappa shape index (κ3) is 10.3. The maximum absolute atomic E-state index is 11.3. The summed E-state index contributed by atoms with van der Waals surface area (Å²) in [6, 6.07) is 55.1. The molecule has 8 aromatic rings. The molecule has 0 fully saturated rings. The minimum absolute atomic E-state index is 0.606.